The van der Waals surface area contributed by atoms with Gasteiger partial charge in [0.15, 0.2) is 11.5 Å². The molecule has 2 N–H and O–H groups in total. The summed E-state index contributed by atoms with van der Waals surface area (Å²) in [7, 11) is 3.85. The Bertz CT molecular complexity index is 1650. The molecule has 1 fully saturated rings. The van der Waals surface area contributed by atoms with Crippen molar-refractivity contribution < 1.29 is 9.84 Å². The van der Waals surface area contributed by atoms with Gasteiger partial charge in [0, 0.05) is 56.4 Å². The highest BCUT2D eigenvalue weighted by Gasteiger charge is 2.26. The minimum Gasteiger partial charge on any atom is -0.384 e. The van der Waals surface area contributed by atoms with Crippen LogP contribution < -0.4 is 15.8 Å². The summed E-state index contributed by atoms with van der Waals surface area (Å²) in [5.74, 6) is 0.871. The number of hydrogen-bond acceptors (Lipinski definition) is 9. The van der Waals surface area contributed by atoms with Gasteiger partial charge in [-0.2, -0.15) is 4.98 Å². The van der Waals surface area contributed by atoms with Crippen LogP contribution in [0.5, 0.6) is 0 Å². The van der Waals surface area contributed by atoms with Crippen LogP contribution in [0, 0.1) is 0 Å². The lowest BCUT2D eigenvalue weighted by Crippen LogP contribution is -2.44. The van der Waals surface area contributed by atoms with Gasteiger partial charge >= 0.3 is 0 Å². The third-order valence-electron chi connectivity index (χ3n) is 7.90. The predicted molar refractivity (Wildman–Crippen MR) is 159 cm³/mol. The molecule has 0 unspecified atom stereocenters. The summed E-state index contributed by atoms with van der Waals surface area (Å²) in [6.07, 6.45) is 6.68. The number of nitrogens with zero attached hydrogens (tertiary/aromatic N) is 7. The standard InChI is InChI=1S/C30H36N8O3/c1-30(40)12-5-4-6-13-37-28(39)23-19-31-29(34-27(23)38(37)26-9-7-8-25(30)33-26)32-22-10-11-24(21(18-22)20-41-3)36-16-14-35(2)15-17-36/h4,6-11,18-19,40H,5,12-17,20H2,1-3H3,(H,31,32,34)/b6-4-/t30-/m0/s1. The van der Waals surface area contributed by atoms with E-state index in [0.29, 0.717) is 54.5 Å². The number of ether oxygens (including phenoxy) is 1. The molecule has 1 aromatic carbocycles. The summed E-state index contributed by atoms with van der Waals surface area (Å²) in [6.45, 7) is 6.57. The van der Waals surface area contributed by atoms with Crippen LogP contribution in [0.15, 0.2) is 59.5 Å². The van der Waals surface area contributed by atoms with Crippen molar-refractivity contribution in [3.8, 4) is 5.82 Å². The lowest BCUT2D eigenvalue weighted by Gasteiger charge is -2.35. The summed E-state index contributed by atoms with van der Waals surface area (Å²) in [5.41, 5.74) is 2.76. The molecule has 0 amide bonds. The summed E-state index contributed by atoms with van der Waals surface area (Å²) < 4.78 is 8.85. The fourth-order valence-corrected chi connectivity index (χ4v) is 5.53. The molecule has 3 aromatic heterocycles. The van der Waals surface area contributed by atoms with E-state index in [9.17, 15) is 9.90 Å². The summed E-state index contributed by atoms with van der Waals surface area (Å²) in [5, 5.41) is 14.8. The molecule has 214 valence electrons. The Morgan fingerprint density at radius 1 is 1.10 bits per heavy atom. The van der Waals surface area contributed by atoms with Crippen molar-refractivity contribution in [3.63, 3.8) is 0 Å². The van der Waals surface area contributed by atoms with Crippen LogP contribution >= 0.6 is 0 Å². The number of allylic oxidation sites excluding steroid dienone is 2. The fourth-order valence-electron chi connectivity index (χ4n) is 5.53. The van der Waals surface area contributed by atoms with Crippen LogP contribution in [0.4, 0.5) is 17.3 Å². The normalized spacial score (nSPS) is 20.4. The zero-order valence-corrected chi connectivity index (χ0v) is 23.7. The molecule has 0 aliphatic carbocycles. The molecule has 0 radical (unpaired) electrons. The second-order valence-corrected chi connectivity index (χ2v) is 11.0. The van der Waals surface area contributed by atoms with Crippen LogP contribution in [0.2, 0.25) is 0 Å². The Kier molecular flexibility index (Phi) is 7.33. The van der Waals surface area contributed by atoms with Gasteiger partial charge in [0.2, 0.25) is 5.95 Å². The number of pyridine rings is 1. The number of anilines is 3. The van der Waals surface area contributed by atoms with Crippen LogP contribution in [0.3, 0.4) is 0 Å². The van der Waals surface area contributed by atoms with Gasteiger partial charge in [-0.05, 0) is 57.1 Å². The number of fused-ring (bicyclic) bond motifs is 6. The highest BCUT2D eigenvalue weighted by Crippen LogP contribution is 2.29. The third-order valence-corrected chi connectivity index (χ3v) is 7.90. The molecule has 2 aliphatic heterocycles. The number of hydrogen-bond donors (Lipinski definition) is 2. The van der Waals surface area contributed by atoms with Crippen molar-refractivity contribution in [1.82, 2.24) is 29.2 Å². The quantitative estimate of drug-likeness (QED) is 0.358. The van der Waals surface area contributed by atoms with Crippen LogP contribution in [-0.4, -0.2) is 74.7 Å². The van der Waals surface area contributed by atoms with Gasteiger partial charge in [0.05, 0.1) is 18.8 Å². The number of aromatic nitrogens is 5. The molecule has 2 aliphatic rings. The van der Waals surface area contributed by atoms with E-state index in [-0.39, 0.29) is 5.56 Å². The number of rotatable bonds is 5. The van der Waals surface area contributed by atoms with E-state index >= 15 is 0 Å². The molecule has 4 aromatic rings. The van der Waals surface area contributed by atoms with Gasteiger partial charge in [-0.15, -0.1) is 0 Å². The Balaban J connectivity index is 1.39. The molecule has 2 bridgehead atoms. The minimum atomic E-state index is -1.10. The van der Waals surface area contributed by atoms with Gasteiger partial charge in [-0.1, -0.05) is 18.2 Å². The minimum absolute atomic E-state index is 0.201. The van der Waals surface area contributed by atoms with Gasteiger partial charge < -0.3 is 25.0 Å². The Labute approximate surface area is 238 Å². The molecule has 1 atom stereocenters. The largest absolute Gasteiger partial charge is 0.384 e. The van der Waals surface area contributed by atoms with E-state index in [4.69, 9.17) is 14.7 Å². The van der Waals surface area contributed by atoms with Gasteiger partial charge in [0.1, 0.15) is 11.0 Å². The van der Waals surface area contributed by atoms with E-state index < -0.39 is 5.60 Å². The average Bonchev–Trinajstić information content (AvgIpc) is 3.23. The number of benzene rings is 1. The van der Waals surface area contributed by atoms with Crippen LogP contribution in [-0.2, 0) is 23.5 Å². The number of piperazine rings is 1. The van der Waals surface area contributed by atoms with Crippen molar-refractivity contribution in [2.45, 2.75) is 38.5 Å². The number of likely N-dealkylation sites (N-methyl/N-ethyl adjacent to an activating group) is 1. The fraction of sp³-hybridized carbons (Fsp3) is 0.400. The van der Waals surface area contributed by atoms with E-state index in [0.717, 1.165) is 37.4 Å². The average molecular weight is 557 g/mol. The van der Waals surface area contributed by atoms with Crippen molar-refractivity contribution in [2.75, 3.05) is 50.6 Å². The Morgan fingerprint density at radius 3 is 2.73 bits per heavy atom. The zero-order valence-electron chi connectivity index (χ0n) is 23.7. The molecule has 11 nitrogen and oxygen atoms in total. The molecule has 1 saturated heterocycles. The van der Waals surface area contributed by atoms with E-state index in [1.54, 1.807) is 29.6 Å². The third kappa shape index (κ3) is 5.35. The van der Waals surface area contributed by atoms with Gasteiger partial charge in [0.25, 0.3) is 5.56 Å². The Hall–Kier alpha value is -4.06. The van der Waals surface area contributed by atoms with Crippen molar-refractivity contribution in [2.24, 2.45) is 0 Å². The topological polar surface area (TPSA) is 114 Å². The first-order valence-electron chi connectivity index (χ1n) is 14.0. The maximum Gasteiger partial charge on any atom is 0.278 e. The first kappa shape index (κ1) is 27.1. The number of methoxy groups -OCH3 is 1. The van der Waals surface area contributed by atoms with Gasteiger partial charge in [-0.25, -0.2) is 19.3 Å². The number of nitrogens with one attached hydrogen (secondary N) is 1. The summed E-state index contributed by atoms with van der Waals surface area (Å²) in [4.78, 5) is 32.2. The van der Waals surface area contributed by atoms with Crippen molar-refractivity contribution >= 4 is 28.4 Å². The first-order chi connectivity index (χ1) is 19.8. The molecule has 0 spiro atoms. The van der Waals surface area contributed by atoms with Crippen molar-refractivity contribution in [3.05, 3.63) is 76.4 Å². The number of aliphatic hydroxyl groups is 1. The lowest BCUT2D eigenvalue weighted by atomic mass is 9.95. The van der Waals surface area contributed by atoms with E-state index in [1.807, 2.05) is 36.4 Å². The summed E-state index contributed by atoms with van der Waals surface area (Å²) in [6, 6.07) is 11.7. The highest BCUT2D eigenvalue weighted by atomic mass is 16.5. The molecular weight excluding hydrogens is 520 g/mol. The SMILES string of the molecule is COCc1cc(Nc2ncc3c(=O)n4n(c3n2)-c2cccc(n2)[C@@](C)(O)CC/C=C\C4)ccc1N1CCN(C)CC1. The maximum atomic E-state index is 13.4. The molecule has 11 heteroatoms. The van der Waals surface area contributed by atoms with Crippen LogP contribution in [0.25, 0.3) is 16.9 Å². The van der Waals surface area contributed by atoms with Gasteiger partial charge in [-0.3, -0.25) is 4.79 Å². The Morgan fingerprint density at radius 2 is 1.93 bits per heavy atom. The molecular formula is C30H36N8O3. The maximum absolute atomic E-state index is 13.4. The second kappa shape index (κ2) is 11.1. The predicted octanol–water partition coefficient (Wildman–Crippen LogP) is 3.18. The molecule has 6 rings (SSSR count). The molecule has 0 saturated carbocycles. The smallest absolute Gasteiger partial charge is 0.278 e. The van der Waals surface area contributed by atoms with E-state index in [1.165, 1.54) is 5.69 Å². The molecule has 5 heterocycles. The first-order valence-corrected chi connectivity index (χ1v) is 14.0. The highest BCUT2D eigenvalue weighted by molar-refractivity contribution is 5.77. The van der Waals surface area contributed by atoms with E-state index in [2.05, 4.69) is 39.3 Å². The summed E-state index contributed by atoms with van der Waals surface area (Å²) >= 11 is 0. The lowest BCUT2D eigenvalue weighted by molar-refractivity contribution is 0.0443. The molecule has 41 heavy (non-hydrogen) atoms. The monoisotopic (exact) mass is 556 g/mol. The van der Waals surface area contributed by atoms with Crippen molar-refractivity contribution in [1.29, 1.82) is 0 Å². The second-order valence-electron chi connectivity index (χ2n) is 11.0. The zero-order chi connectivity index (χ0) is 28.6. The van der Waals surface area contributed by atoms with Crippen LogP contribution in [0.1, 0.15) is 31.0 Å².